The summed E-state index contributed by atoms with van der Waals surface area (Å²) in [5.41, 5.74) is 11.5. The minimum absolute atomic E-state index is 0.125. The van der Waals surface area contributed by atoms with Crippen molar-refractivity contribution in [3.05, 3.63) is 65.5 Å². The Hall–Kier alpha value is -2.89. The van der Waals surface area contributed by atoms with Crippen LogP contribution in [-0.4, -0.2) is 12.2 Å². The maximum atomic E-state index is 13.5. The van der Waals surface area contributed by atoms with Gasteiger partial charge in [0.25, 0.3) is 0 Å². The summed E-state index contributed by atoms with van der Waals surface area (Å²) >= 11 is 0. The number of guanidine groups is 1. The molecule has 0 amide bonds. The molecule has 2 aromatic carbocycles. The lowest BCUT2D eigenvalue weighted by atomic mass is 10.2. The van der Waals surface area contributed by atoms with E-state index in [0.29, 0.717) is 16.9 Å². The molecule has 0 radical (unpaired) electrons. The molecule has 0 fully saturated rings. The Morgan fingerprint density at radius 3 is 2.57 bits per heavy atom. The van der Waals surface area contributed by atoms with Crippen LogP contribution in [-0.2, 0) is 6.61 Å². The van der Waals surface area contributed by atoms with Crippen molar-refractivity contribution >= 4 is 12.2 Å². The molecule has 2 aromatic rings. The Balaban J connectivity index is 2.12. The summed E-state index contributed by atoms with van der Waals surface area (Å²) in [6.45, 7) is 0.125. The number of nitrogens with two attached hydrogens (primary N) is 2. The third-order valence-corrected chi connectivity index (χ3v) is 2.63. The number of hydrogen-bond donors (Lipinski definition) is 2. The first kappa shape index (κ1) is 14.5. The average molecular weight is 286 g/mol. The van der Waals surface area contributed by atoms with Gasteiger partial charge >= 0.3 is 0 Å². The molecule has 0 atom stereocenters. The number of nitrogens with zero attached hydrogens (tertiary/aromatic N) is 2. The molecule has 4 N–H and O–H groups in total. The maximum absolute atomic E-state index is 13.5. The van der Waals surface area contributed by atoms with E-state index >= 15 is 0 Å². The van der Waals surface area contributed by atoms with Crippen LogP contribution < -0.4 is 16.2 Å². The number of halogens is 1. The molecule has 21 heavy (non-hydrogen) atoms. The van der Waals surface area contributed by atoms with Crippen molar-refractivity contribution < 1.29 is 9.13 Å². The first-order chi connectivity index (χ1) is 10.2. The molecule has 0 bridgehead atoms. The van der Waals surface area contributed by atoms with E-state index in [9.17, 15) is 4.39 Å². The molecule has 0 aliphatic carbocycles. The van der Waals surface area contributed by atoms with Crippen LogP contribution in [0.3, 0.4) is 0 Å². The van der Waals surface area contributed by atoms with Gasteiger partial charge in [-0.05, 0) is 18.2 Å². The van der Waals surface area contributed by atoms with Gasteiger partial charge in [0.15, 0.2) is 0 Å². The standard InChI is InChI=1S/C15H15FN4O/c16-13-7-3-1-6-12(13)10-21-14-8-4-2-5-11(14)9-19-20-15(17)18/h1-9H,10H2,(H4,17,18,20)/b19-9-. The molecule has 0 aromatic heterocycles. The van der Waals surface area contributed by atoms with Gasteiger partial charge in [0, 0.05) is 11.1 Å². The van der Waals surface area contributed by atoms with E-state index in [-0.39, 0.29) is 18.4 Å². The van der Waals surface area contributed by atoms with Crippen LogP contribution >= 0.6 is 0 Å². The highest BCUT2D eigenvalue weighted by Crippen LogP contribution is 2.18. The van der Waals surface area contributed by atoms with Crippen LogP contribution in [0.1, 0.15) is 11.1 Å². The second kappa shape index (κ2) is 7.04. The van der Waals surface area contributed by atoms with Gasteiger partial charge in [0.05, 0.1) is 6.21 Å². The molecule has 6 heteroatoms. The molecule has 108 valence electrons. The fourth-order valence-electron chi connectivity index (χ4n) is 1.65. The van der Waals surface area contributed by atoms with Gasteiger partial charge in [0.1, 0.15) is 18.2 Å². The molecular formula is C15H15FN4O. The number of hydrogen-bond acceptors (Lipinski definition) is 3. The number of ether oxygens (including phenoxy) is 1. The zero-order chi connectivity index (χ0) is 15.1. The minimum Gasteiger partial charge on any atom is -0.488 e. The van der Waals surface area contributed by atoms with Crippen molar-refractivity contribution in [1.82, 2.24) is 0 Å². The zero-order valence-corrected chi connectivity index (χ0v) is 11.2. The molecule has 0 saturated heterocycles. The van der Waals surface area contributed by atoms with Crippen LogP contribution in [0.2, 0.25) is 0 Å². The first-order valence-corrected chi connectivity index (χ1v) is 6.24. The normalized spacial score (nSPS) is 10.5. The number of rotatable bonds is 5. The van der Waals surface area contributed by atoms with E-state index in [1.54, 1.807) is 30.3 Å². The summed E-state index contributed by atoms with van der Waals surface area (Å²) < 4.78 is 19.2. The highest BCUT2D eigenvalue weighted by Gasteiger charge is 2.04. The molecule has 0 saturated carbocycles. The summed E-state index contributed by atoms with van der Waals surface area (Å²) in [4.78, 5) is 0. The quantitative estimate of drug-likeness (QED) is 0.501. The van der Waals surface area contributed by atoms with Gasteiger partial charge in [-0.15, -0.1) is 5.10 Å². The summed E-state index contributed by atoms with van der Waals surface area (Å²) in [5.74, 6) is 0.135. The number of para-hydroxylation sites is 1. The topological polar surface area (TPSA) is 86.0 Å². The third-order valence-electron chi connectivity index (χ3n) is 2.63. The van der Waals surface area contributed by atoms with Crippen molar-refractivity contribution in [3.63, 3.8) is 0 Å². The van der Waals surface area contributed by atoms with Crippen molar-refractivity contribution in [3.8, 4) is 5.75 Å². The molecule has 0 aliphatic heterocycles. The molecule has 5 nitrogen and oxygen atoms in total. The fraction of sp³-hybridized carbons (Fsp3) is 0.0667. The summed E-state index contributed by atoms with van der Waals surface area (Å²) in [7, 11) is 0. The third kappa shape index (κ3) is 4.31. The van der Waals surface area contributed by atoms with Gasteiger partial charge < -0.3 is 16.2 Å². The lowest BCUT2D eigenvalue weighted by Gasteiger charge is -2.09. The van der Waals surface area contributed by atoms with E-state index in [0.717, 1.165) is 0 Å². The van der Waals surface area contributed by atoms with Gasteiger partial charge in [-0.25, -0.2) is 4.39 Å². The van der Waals surface area contributed by atoms with Gasteiger partial charge in [-0.2, -0.15) is 5.10 Å². The fourth-order valence-corrected chi connectivity index (χ4v) is 1.65. The first-order valence-electron chi connectivity index (χ1n) is 6.24. The molecule has 0 unspecified atom stereocenters. The SMILES string of the molecule is NC(N)=N/N=C\c1ccccc1OCc1ccccc1F. The molecule has 2 rings (SSSR count). The summed E-state index contributed by atoms with van der Waals surface area (Å²) in [5, 5.41) is 7.25. The minimum atomic E-state index is -0.302. The van der Waals surface area contributed by atoms with Crippen LogP contribution in [0, 0.1) is 5.82 Å². The van der Waals surface area contributed by atoms with Gasteiger partial charge in [-0.3, -0.25) is 0 Å². The zero-order valence-electron chi connectivity index (χ0n) is 11.2. The number of benzene rings is 2. The Kier molecular flexibility index (Phi) is 4.87. The van der Waals surface area contributed by atoms with Crippen molar-refractivity contribution in [1.29, 1.82) is 0 Å². The predicted molar refractivity (Wildman–Crippen MR) is 80.6 cm³/mol. The largest absolute Gasteiger partial charge is 0.488 e. The smallest absolute Gasteiger partial charge is 0.211 e. The van der Waals surface area contributed by atoms with Crippen LogP contribution in [0.4, 0.5) is 4.39 Å². The molecule has 0 heterocycles. The molecule has 0 spiro atoms. The Morgan fingerprint density at radius 1 is 1.10 bits per heavy atom. The Morgan fingerprint density at radius 2 is 1.81 bits per heavy atom. The van der Waals surface area contributed by atoms with E-state index < -0.39 is 0 Å². The maximum Gasteiger partial charge on any atom is 0.211 e. The Bertz CT molecular complexity index is 666. The lowest BCUT2D eigenvalue weighted by Crippen LogP contribution is -2.21. The highest BCUT2D eigenvalue weighted by molar-refractivity contribution is 5.84. The molecule has 0 aliphatic rings. The summed E-state index contributed by atoms with van der Waals surface area (Å²) in [6.07, 6.45) is 1.47. The van der Waals surface area contributed by atoms with Crippen LogP contribution in [0.25, 0.3) is 0 Å². The van der Waals surface area contributed by atoms with Crippen LogP contribution in [0.15, 0.2) is 58.7 Å². The highest BCUT2D eigenvalue weighted by atomic mass is 19.1. The van der Waals surface area contributed by atoms with Gasteiger partial charge in [0.2, 0.25) is 5.96 Å². The van der Waals surface area contributed by atoms with E-state index in [1.807, 2.05) is 12.1 Å². The molecular weight excluding hydrogens is 271 g/mol. The monoisotopic (exact) mass is 286 g/mol. The van der Waals surface area contributed by atoms with E-state index in [2.05, 4.69) is 10.2 Å². The Labute approximate surface area is 121 Å². The van der Waals surface area contributed by atoms with Crippen LogP contribution in [0.5, 0.6) is 5.75 Å². The van der Waals surface area contributed by atoms with Crippen molar-refractivity contribution in [2.24, 2.45) is 21.7 Å². The van der Waals surface area contributed by atoms with Crippen molar-refractivity contribution in [2.75, 3.05) is 0 Å². The summed E-state index contributed by atoms with van der Waals surface area (Å²) in [6, 6.07) is 13.7. The second-order valence-corrected chi connectivity index (χ2v) is 4.19. The van der Waals surface area contributed by atoms with Gasteiger partial charge in [-0.1, -0.05) is 30.3 Å². The van der Waals surface area contributed by atoms with E-state index in [1.165, 1.54) is 12.3 Å². The predicted octanol–water partition coefficient (Wildman–Crippen LogP) is 2.01. The average Bonchev–Trinajstić information content (AvgIpc) is 2.47. The lowest BCUT2D eigenvalue weighted by molar-refractivity contribution is 0.299. The van der Waals surface area contributed by atoms with E-state index in [4.69, 9.17) is 16.2 Å². The van der Waals surface area contributed by atoms with Crippen molar-refractivity contribution in [2.45, 2.75) is 6.61 Å². The second-order valence-electron chi connectivity index (χ2n) is 4.19.